The molecule has 0 fully saturated rings. The Kier molecular flexibility index (Phi) is 3.19. The maximum absolute atomic E-state index is 6.20. The summed E-state index contributed by atoms with van der Waals surface area (Å²) in [5.74, 6) is 0. The van der Waals surface area contributed by atoms with Crippen LogP contribution in [0.15, 0.2) is 42.9 Å². The molecule has 3 rings (SSSR count). The molecule has 0 aliphatic heterocycles. The maximum Gasteiger partial charge on any atom is 0.156 e. The maximum atomic E-state index is 6.20. The molecule has 0 aliphatic rings. The third kappa shape index (κ3) is 2.09. The van der Waals surface area contributed by atoms with Gasteiger partial charge in [-0.2, -0.15) is 0 Å². The molecule has 19 heavy (non-hydrogen) atoms. The van der Waals surface area contributed by atoms with Gasteiger partial charge in [0.25, 0.3) is 0 Å². The number of hydrogen-bond donors (Lipinski definition) is 1. The summed E-state index contributed by atoms with van der Waals surface area (Å²) in [5.41, 5.74) is 9.40. The molecule has 0 unspecified atom stereocenters. The van der Waals surface area contributed by atoms with Crippen molar-refractivity contribution in [2.45, 2.75) is 6.42 Å². The minimum Gasteiger partial charge on any atom is -0.330 e. The third-order valence-corrected chi connectivity index (χ3v) is 3.31. The van der Waals surface area contributed by atoms with Crippen molar-refractivity contribution in [3.05, 3.63) is 53.6 Å². The van der Waals surface area contributed by atoms with Crippen LogP contribution in [0.1, 0.15) is 5.69 Å². The minimum absolute atomic E-state index is 0.563. The summed E-state index contributed by atoms with van der Waals surface area (Å²) in [7, 11) is 0. The minimum atomic E-state index is 0.563. The average molecular weight is 273 g/mol. The van der Waals surface area contributed by atoms with Crippen LogP contribution in [0.25, 0.3) is 16.9 Å². The number of rotatable bonds is 3. The monoisotopic (exact) mass is 272 g/mol. The van der Waals surface area contributed by atoms with Gasteiger partial charge in [0.2, 0.25) is 0 Å². The quantitative estimate of drug-likeness (QED) is 0.797. The van der Waals surface area contributed by atoms with Gasteiger partial charge in [-0.05, 0) is 30.8 Å². The van der Waals surface area contributed by atoms with Crippen LogP contribution in [-0.2, 0) is 6.42 Å². The van der Waals surface area contributed by atoms with Crippen LogP contribution in [0.5, 0.6) is 0 Å². The van der Waals surface area contributed by atoms with Crippen LogP contribution in [0, 0.1) is 0 Å². The fourth-order valence-electron chi connectivity index (χ4n) is 2.19. The predicted molar refractivity (Wildman–Crippen MR) is 76.2 cm³/mol. The van der Waals surface area contributed by atoms with E-state index in [-0.39, 0.29) is 0 Å². The molecule has 0 spiro atoms. The summed E-state index contributed by atoms with van der Waals surface area (Å²) >= 11 is 6.20. The van der Waals surface area contributed by atoms with Crippen LogP contribution in [0.3, 0.4) is 0 Å². The Morgan fingerprint density at radius 1 is 1.26 bits per heavy atom. The highest BCUT2D eigenvalue weighted by Gasteiger charge is 2.14. The van der Waals surface area contributed by atoms with Crippen molar-refractivity contribution in [1.82, 2.24) is 14.4 Å². The molecule has 3 aromatic heterocycles. The molecule has 0 aliphatic carbocycles. The van der Waals surface area contributed by atoms with Gasteiger partial charge < -0.3 is 10.1 Å². The molecule has 2 N–H and O–H groups in total. The lowest BCUT2D eigenvalue weighted by Gasteiger charge is -2.03. The van der Waals surface area contributed by atoms with Gasteiger partial charge in [0, 0.05) is 30.6 Å². The molecule has 5 heteroatoms. The number of fused-ring (bicyclic) bond motifs is 1. The molecular weight excluding hydrogens is 260 g/mol. The SMILES string of the molecule is NCCc1c(-c2cccnc2)nc2c(Cl)cccn12. The van der Waals surface area contributed by atoms with Crippen molar-refractivity contribution in [3.8, 4) is 11.3 Å². The lowest BCUT2D eigenvalue weighted by Crippen LogP contribution is -2.06. The fourth-order valence-corrected chi connectivity index (χ4v) is 2.40. The summed E-state index contributed by atoms with van der Waals surface area (Å²) in [6.07, 6.45) is 6.25. The highest BCUT2D eigenvalue weighted by molar-refractivity contribution is 6.33. The van der Waals surface area contributed by atoms with E-state index in [4.69, 9.17) is 17.3 Å². The first-order valence-corrected chi connectivity index (χ1v) is 6.45. The molecule has 0 aromatic carbocycles. The van der Waals surface area contributed by atoms with Crippen molar-refractivity contribution < 1.29 is 0 Å². The van der Waals surface area contributed by atoms with Gasteiger partial charge in [0.15, 0.2) is 5.65 Å². The van der Waals surface area contributed by atoms with Crippen LogP contribution >= 0.6 is 11.6 Å². The largest absolute Gasteiger partial charge is 0.330 e. The summed E-state index contributed by atoms with van der Waals surface area (Å²) in [5, 5.41) is 0.635. The second-order valence-corrected chi connectivity index (χ2v) is 4.64. The van der Waals surface area contributed by atoms with E-state index < -0.39 is 0 Å². The zero-order valence-electron chi connectivity index (χ0n) is 10.3. The zero-order valence-corrected chi connectivity index (χ0v) is 11.0. The van der Waals surface area contributed by atoms with Gasteiger partial charge in [0.05, 0.1) is 16.4 Å². The van der Waals surface area contributed by atoms with Crippen molar-refractivity contribution >= 4 is 17.2 Å². The van der Waals surface area contributed by atoms with Gasteiger partial charge in [-0.1, -0.05) is 11.6 Å². The topological polar surface area (TPSA) is 56.2 Å². The summed E-state index contributed by atoms with van der Waals surface area (Å²) in [4.78, 5) is 8.78. The van der Waals surface area contributed by atoms with E-state index in [1.807, 2.05) is 34.9 Å². The van der Waals surface area contributed by atoms with Crippen LogP contribution < -0.4 is 5.73 Å². The van der Waals surface area contributed by atoms with Crippen molar-refractivity contribution in [3.63, 3.8) is 0 Å². The van der Waals surface area contributed by atoms with E-state index in [1.165, 1.54) is 0 Å². The molecule has 4 nitrogen and oxygen atoms in total. The van der Waals surface area contributed by atoms with Gasteiger partial charge >= 0.3 is 0 Å². The Balaban J connectivity index is 2.29. The Bertz CT molecular complexity index is 706. The highest BCUT2D eigenvalue weighted by Crippen LogP contribution is 2.27. The number of nitrogens with two attached hydrogens (primary N) is 1. The van der Waals surface area contributed by atoms with Gasteiger partial charge in [-0.25, -0.2) is 4.98 Å². The van der Waals surface area contributed by atoms with E-state index in [9.17, 15) is 0 Å². The normalized spacial score (nSPS) is 11.1. The number of hydrogen-bond acceptors (Lipinski definition) is 3. The highest BCUT2D eigenvalue weighted by atomic mass is 35.5. The van der Waals surface area contributed by atoms with Crippen molar-refractivity contribution in [1.29, 1.82) is 0 Å². The first kappa shape index (κ1) is 12.1. The number of aromatic nitrogens is 3. The van der Waals surface area contributed by atoms with E-state index >= 15 is 0 Å². The lowest BCUT2D eigenvalue weighted by molar-refractivity contribution is 0.907. The molecular formula is C14H13ClN4. The molecule has 0 saturated carbocycles. The van der Waals surface area contributed by atoms with Crippen molar-refractivity contribution in [2.24, 2.45) is 5.73 Å². The molecule has 3 heterocycles. The summed E-state index contributed by atoms with van der Waals surface area (Å²) < 4.78 is 2.00. The number of nitrogens with zero attached hydrogens (tertiary/aromatic N) is 3. The first-order chi connectivity index (χ1) is 9.31. The molecule has 96 valence electrons. The Morgan fingerprint density at radius 3 is 2.89 bits per heavy atom. The first-order valence-electron chi connectivity index (χ1n) is 6.07. The lowest BCUT2D eigenvalue weighted by atomic mass is 10.1. The molecule has 0 radical (unpaired) electrons. The van der Waals surface area contributed by atoms with E-state index in [2.05, 4.69) is 9.97 Å². The molecule has 0 bridgehead atoms. The number of imidazole rings is 1. The van der Waals surface area contributed by atoms with Crippen LogP contribution in [0.2, 0.25) is 5.02 Å². The molecule has 0 atom stereocenters. The third-order valence-electron chi connectivity index (χ3n) is 3.02. The second kappa shape index (κ2) is 4.99. The smallest absolute Gasteiger partial charge is 0.156 e. The van der Waals surface area contributed by atoms with Crippen LogP contribution in [-0.4, -0.2) is 20.9 Å². The van der Waals surface area contributed by atoms with Crippen LogP contribution in [0.4, 0.5) is 0 Å². The second-order valence-electron chi connectivity index (χ2n) is 4.24. The number of pyridine rings is 2. The Labute approximate surface area is 115 Å². The standard InChI is InChI=1S/C14H13ClN4/c15-11-4-2-8-19-12(5-6-16)13(18-14(11)19)10-3-1-7-17-9-10/h1-4,7-9H,5-6,16H2. The summed E-state index contributed by atoms with van der Waals surface area (Å²) in [6, 6.07) is 7.63. The van der Waals surface area contributed by atoms with Gasteiger partial charge in [-0.15, -0.1) is 0 Å². The fraction of sp³-hybridized carbons (Fsp3) is 0.143. The van der Waals surface area contributed by atoms with Gasteiger partial charge in [0.1, 0.15) is 0 Å². The van der Waals surface area contributed by atoms with Gasteiger partial charge in [-0.3, -0.25) is 4.98 Å². The average Bonchev–Trinajstić information content (AvgIpc) is 2.81. The van der Waals surface area contributed by atoms with E-state index in [1.54, 1.807) is 12.4 Å². The Morgan fingerprint density at radius 2 is 2.16 bits per heavy atom. The molecule has 3 aromatic rings. The number of halogens is 1. The predicted octanol–water partition coefficient (Wildman–Crippen LogP) is 2.55. The Hall–Kier alpha value is -1.91. The zero-order chi connectivity index (χ0) is 13.2. The summed E-state index contributed by atoms with van der Waals surface area (Å²) in [6.45, 7) is 0.563. The van der Waals surface area contributed by atoms with E-state index in [0.29, 0.717) is 11.6 Å². The van der Waals surface area contributed by atoms with E-state index in [0.717, 1.165) is 29.0 Å². The molecule has 0 saturated heterocycles. The van der Waals surface area contributed by atoms with Crippen molar-refractivity contribution in [2.75, 3.05) is 6.54 Å². The molecule has 0 amide bonds.